The van der Waals surface area contributed by atoms with E-state index in [2.05, 4.69) is 48.5 Å². The number of rotatable bonds is 18. The van der Waals surface area contributed by atoms with Gasteiger partial charge in [0.15, 0.2) is 0 Å². The lowest BCUT2D eigenvalue weighted by atomic mass is 9.86. The number of nitrogens with two attached hydrogens (primary N) is 2. The number of alkyl halides is 6. The molecule has 4 aliphatic rings. The van der Waals surface area contributed by atoms with Crippen molar-refractivity contribution < 1.29 is 64.6 Å². The Morgan fingerprint density at radius 3 is 1.12 bits per heavy atom. The summed E-state index contributed by atoms with van der Waals surface area (Å²) in [6.45, 7) is 10.4. The maximum absolute atomic E-state index is 10.5. The van der Waals surface area contributed by atoms with E-state index in [0.717, 1.165) is 23.3 Å². The molecule has 10 nitrogen and oxygen atoms in total. The van der Waals surface area contributed by atoms with Gasteiger partial charge in [-0.25, -0.2) is 0 Å². The number of piperidine rings is 2. The fourth-order valence-electron chi connectivity index (χ4n) is 11.0. The number of halogens is 6. The minimum absolute atomic E-state index is 0.411. The van der Waals surface area contributed by atoms with Gasteiger partial charge in [-0.05, 0) is 111 Å². The average molecular weight is 973 g/mol. The summed E-state index contributed by atoms with van der Waals surface area (Å²) in [4.78, 5) is 17.6. The molecule has 2 saturated carbocycles. The number of hydrogen-bond donors (Lipinski definition) is 2. The van der Waals surface area contributed by atoms with Gasteiger partial charge in [0.05, 0.1) is 78.7 Å². The van der Waals surface area contributed by atoms with Crippen molar-refractivity contribution in [3.8, 4) is 11.5 Å². The third-order valence-electron chi connectivity index (χ3n) is 14.6. The first-order valence-corrected chi connectivity index (χ1v) is 25.3. The van der Waals surface area contributed by atoms with E-state index in [-0.39, 0.29) is 0 Å². The number of ether oxygens (including phenoxy) is 2. The number of aryl methyl sites for hydroxylation is 2. The monoisotopic (exact) mass is 973 g/mol. The number of quaternary nitrogens is 2. The maximum atomic E-state index is 10.5. The highest BCUT2D eigenvalue weighted by molar-refractivity contribution is 5.71. The Labute approximate surface area is 402 Å². The lowest BCUT2D eigenvalue weighted by Gasteiger charge is -2.44. The van der Waals surface area contributed by atoms with Gasteiger partial charge in [0, 0.05) is 12.8 Å². The van der Waals surface area contributed by atoms with Crippen molar-refractivity contribution in [1.82, 2.24) is 0 Å². The minimum Gasteiger partial charge on any atom is -0.542 e. The van der Waals surface area contributed by atoms with Gasteiger partial charge >= 0.3 is 12.4 Å². The number of likely N-dealkylation sites (tertiary alicyclic amines) is 2. The zero-order valence-electron chi connectivity index (χ0n) is 40.9. The molecule has 2 saturated heterocycles. The standard InChI is InChI=1S/2C24H41N2O.2C2HF3O2/c2*1-27-24-15-13-22(14-16-24)11-6-18-26(19-7-12-23(25)20-26)17-5-10-21-8-3-2-4-9-21;2*3-2(4,5)1(6)7/h2*13-16,21,23H,2-12,17-20,25H2,1H3;2*(H,6,7)/q2*+1;;/p-2. The third kappa shape index (κ3) is 23.3. The number of methoxy groups -OCH3 is 2. The molecule has 2 heterocycles. The van der Waals surface area contributed by atoms with Crippen LogP contribution in [0, 0.1) is 11.8 Å². The molecule has 2 aromatic carbocycles. The predicted molar refractivity (Wildman–Crippen MR) is 250 cm³/mol. The normalized spacial score (nSPS) is 23.6. The zero-order valence-corrected chi connectivity index (χ0v) is 40.9. The van der Waals surface area contributed by atoms with Crippen LogP contribution in [0.2, 0.25) is 0 Å². The number of nitrogens with zero attached hydrogens (tertiary/aromatic N) is 2. The molecule has 0 bridgehead atoms. The van der Waals surface area contributed by atoms with Crippen LogP contribution in [-0.2, 0) is 22.4 Å². The van der Waals surface area contributed by atoms with Crippen molar-refractivity contribution in [2.24, 2.45) is 23.3 Å². The summed E-state index contributed by atoms with van der Waals surface area (Å²) >= 11 is 0. The number of aliphatic carboxylic acids is 2. The summed E-state index contributed by atoms with van der Waals surface area (Å²) in [7, 11) is 3.46. The molecule has 4 N–H and O–H groups in total. The average Bonchev–Trinajstić information content (AvgIpc) is 3.30. The first kappa shape index (κ1) is 58.7. The molecule has 388 valence electrons. The predicted octanol–water partition coefficient (Wildman–Crippen LogP) is 8.45. The van der Waals surface area contributed by atoms with Gasteiger partial charge in [0.25, 0.3) is 0 Å². The van der Waals surface area contributed by atoms with Crippen LogP contribution in [-0.4, -0.2) is 112 Å². The second kappa shape index (κ2) is 30.2. The molecule has 16 heteroatoms. The van der Waals surface area contributed by atoms with Crippen LogP contribution in [0.25, 0.3) is 0 Å². The van der Waals surface area contributed by atoms with E-state index in [1.807, 2.05) is 0 Å². The largest absolute Gasteiger partial charge is 0.542 e. The number of carbonyl (C=O) groups excluding carboxylic acids is 2. The number of carboxylic acid groups (broad SMARTS) is 2. The Morgan fingerprint density at radius 2 is 0.838 bits per heavy atom. The molecule has 0 radical (unpaired) electrons. The molecular formula is C52H82F6N4O6. The molecule has 2 aliphatic carbocycles. The molecule has 4 fully saturated rings. The van der Waals surface area contributed by atoms with Crippen LogP contribution in [0.4, 0.5) is 26.3 Å². The van der Waals surface area contributed by atoms with Crippen molar-refractivity contribution in [3.05, 3.63) is 59.7 Å². The molecule has 0 spiro atoms. The smallest absolute Gasteiger partial charge is 0.430 e. The Hall–Kier alpha value is -3.60. The highest BCUT2D eigenvalue weighted by Gasteiger charge is 2.35. The Morgan fingerprint density at radius 1 is 0.529 bits per heavy atom. The lowest BCUT2D eigenvalue weighted by molar-refractivity contribution is -0.933. The van der Waals surface area contributed by atoms with E-state index in [0.29, 0.717) is 12.1 Å². The van der Waals surface area contributed by atoms with Crippen molar-refractivity contribution >= 4 is 11.9 Å². The quantitative estimate of drug-likeness (QED) is 0.112. The number of benzene rings is 2. The van der Waals surface area contributed by atoms with Gasteiger partial charge < -0.3 is 49.7 Å². The van der Waals surface area contributed by atoms with Gasteiger partial charge in [-0.2, -0.15) is 26.3 Å². The van der Waals surface area contributed by atoms with Crippen molar-refractivity contribution in [3.63, 3.8) is 0 Å². The summed E-state index contributed by atoms with van der Waals surface area (Å²) in [6.07, 6.45) is 20.0. The van der Waals surface area contributed by atoms with Crippen LogP contribution in [0.15, 0.2) is 48.5 Å². The van der Waals surface area contributed by atoms with Crippen molar-refractivity contribution in [2.75, 3.05) is 66.6 Å². The van der Waals surface area contributed by atoms with Gasteiger partial charge in [0.2, 0.25) is 0 Å². The second-order valence-electron chi connectivity index (χ2n) is 20.0. The van der Waals surface area contributed by atoms with Crippen molar-refractivity contribution in [1.29, 1.82) is 0 Å². The first-order chi connectivity index (χ1) is 32.3. The minimum atomic E-state index is -5.19. The SMILES string of the molecule is COc1ccc(CCC[N+]2(CCCC3CCCCC3)CCCC(N)C2)cc1.COc1ccc(CCC[N+]2(CCCC3CCCCC3)CCCC(N)C2)cc1.O=C([O-])C(F)(F)F.O=C([O-])C(F)(F)F. The van der Waals surface area contributed by atoms with Crippen LogP contribution in [0.3, 0.4) is 0 Å². The molecular weight excluding hydrogens is 891 g/mol. The van der Waals surface area contributed by atoms with E-state index in [9.17, 15) is 26.3 Å². The maximum Gasteiger partial charge on any atom is 0.430 e. The Kier molecular flexibility index (Phi) is 26.1. The summed E-state index contributed by atoms with van der Waals surface area (Å²) in [5, 5.41) is 17.6. The van der Waals surface area contributed by atoms with Crippen molar-refractivity contribution in [2.45, 2.75) is 166 Å². The summed E-state index contributed by atoms with van der Waals surface area (Å²) in [5.74, 6) is -2.09. The molecule has 2 aromatic rings. The van der Waals surface area contributed by atoms with Crippen LogP contribution < -0.4 is 31.2 Å². The summed E-state index contributed by atoms with van der Waals surface area (Å²) in [5.41, 5.74) is 15.7. The zero-order chi connectivity index (χ0) is 50.1. The van der Waals surface area contributed by atoms with E-state index in [1.165, 1.54) is 214 Å². The first-order valence-electron chi connectivity index (χ1n) is 25.3. The van der Waals surface area contributed by atoms with Gasteiger partial charge in [-0.1, -0.05) is 88.5 Å². The van der Waals surface area contributed by atoms with Crippen LogP contribution >= 0.6 is 0 Å². The highest BCUT2D eigenvalue weighted by atomic mass is 19.4. The topological polar surface area (TPSA) is 151 Å². The van der Waals surface area contributed by atoms with Crippen LogP contribution in [0.1, 0.15) is 140 Å². The second-order valence-corrected chi connectivity index (χ2v) is 20.0. The van der Waals surface area contributed by atoms with Gasteiger partial charge in [-0.15, -0.1) is 0 Å². The van der Waals surface area contributed by atoms with E-state index >= 15 is 0 Å². The Balaban J connectivity index is 0.000000282. The number of hydrogen-bond acceptors (Lipinski definition) is 8. The molecule has 4 unspecified atom stereocenters. The van der Waals surface area contributed by atoms with E-state index in [1.54, 1.807) is 14.2 Å². The third-order valence-corrected chi connectivity index (χ3v) is 14.6. The number of carboxylic acids is 2. The van der Waals surface area contributed by atoms with E-state index < -0.39 is 24.3 Å². The fraction of sp³-hybridized carbons (Fsp3) is 0.731. The van der Waals surface area contributed by atoms with Crippen LogP contribution in [0.5, 0.6) is 11.5 Å². The fourth-order valence-corrected chi connectivity index (χ4v) is 11.0. The lowest BCUT2D eigenvalue weighted by Crippen LogP contribution is -2.58. The molecule has 6 rings (SSSR count). The summed E-state index contributed by atoms with van der Waals surface area (Å²) in [6, 6.07) is 18.0. The molecule has 2 aliphatic heterocycles. The summed E-state index contributed by atoms with van der Waals surface area (Å²) < 4.78 is 76.2. The van der Waals surface area contributed by atoms with Gasteiger partial charge in [-0.3, -0.25) is 0 Å². The molecule has 68 heavy (non-hydrogen) atoms. The van der Waals surface area contributed by atoms with Gasteiger partial charge in [0.1, 0.15) is 23.4 Å². The molecule has 4 atom stereocenters. The number of carbonyl (C=O) groups is 2. The van der Waals surface area contributed by atoms with E-state index in [4.69, 9.17) is 40.7 Å². The molecule has 0 amide bonds. The highest BCUT2D eigenvalue weighted by Crippen LogP contribution is 2.31. The molecule has 0 aromatic heterocycles. The Bertz CT molecular complexity index is 1570.